The van der Waals surface area contributed by atoms with Gasteiger partial charge in [-0.25, -0.2) is 13.2 Å². The van der Waals surface area contributed by atoms with E-state index in [0.717, 1.165) is 18.2 Å². The maximum atomic E-state index is 13.3. The summed E-state index contributed by atoms with van der Waals surface area (Å²) in [6.45, 7) is -1.72. The van der Waals surface area contributed by atoms with Gasteiger partial charge in [-0.05, 0) is 18.2 Å². The van der Waals surface area contributed by atoms with Gasteiger partial charge in [0.15, 0.2) is 0 Å². The Bertz CT molecular complexity index is 464. The van der Waals surface area contributed by atoms with E-state index in [0.29, 0.717) is 0 Å². The smallest absolute Gasteiger partial charge is 0.319 e. The van der Waals surface area contributed by atoms with Crippen molar-refractivity contribution >= 4 is 5.91 Å². The molecule has 0 radical (unpaired) electrons. The summed E-state index contributed by atoms with van der Waals surface area (Å²) in [6.07, 6.45) is -3.80. The molecule has 0 atom stereocenters. The standard InChI is InChI=1S/C11H11F5N2O/c12-8-2-1-6(9(17)19)3-7(8)4-18-5-11(15,16)10(13)14/h1-3,10,18H,4-5H2,(H2,17,19). The number of primary amides is 1. The lowest BCUT2D eigenvalue weighted by Crippen LogP contribution is -2.38. The third-order valence-electron chi connectivity index (χ3n) is 2.33. The fourth-order valence-corrected chi connectivity index (χ4v) is 1.30. The molecule has 0 bridgehead atoms. The summed E-state index contributed by atoms with van der Waals surface area (Å²) in [5, 5.41) is 2.01. The van der Waals surface area contributed by atoms with Crippen LogP contribution in [0.25, 0.3) is 0 Å². The van der Waals surface area contributed by atoms with Gasteiger partial charge in [0.2, 0.25) is 5.91 Å². The van der Waals surface area contributed by atoms with Crippen LogP contribution in [0.3, 0.4) is 0 Å². The van der Waals surface area contributed by atoms with Crippen molar-refractivity contribution < 1.29 is 26.7 Å². The average molecular weight is 282 g/mol. The van der Waals surface area contributed by atoms with E-state index >= 15 is 0 Å². The summed E-state index contributed by atoms with van der Waals surface area (Å²) in [5.74, 6) is -5.75. The van der Waals surface area contributed by atoms with Gasteiger partial charge < -0.3 is 11.1 Å². The molecule has 0 aliphatic heterocycles. The van der Waals surface area contributed by atoms with Crippen molar-refractivity contribution in [2.75, 3.05) is 6.54 Å². The number of halogens is 5. The molecule has 0 aromatic heterocycles. The molecule has 0 fully saturated rings. The second kappa shape index (κ2) is 5.96. The van der Waals surface area contributed by atoms with E-state index in [1.54, 1.807) is 0 Å². The first-order chi connectivity index (χ1) is 8.74. The first-order valence-electron chi connectivity index (χ1n) is 5.19. The molecular weight excluding hydrogens is 271 g/mol. The zero-order chi connectivity index (χ0) is 14.6. The number of hydrogen-bond acceptors (Lipinski definition) is 2. The summed E-state index contributed by atoms with van der Waals surface area (Å²) >= 11 is 0. The molecule has 0 unspecified atom stereocenters. The van der Waals surface area contributed by atoms with Crippen molar-refractivity contribution in [1.82, 2.24) is 5.32 Å². The van der Waals surface area contributed by atoms with Crippen LogP contribution in [-0.4, -0.2) is 24.8 Å². The Morgan fingerprint density at radius 2 is 2.00 bits per heavy atom. The number of carbonyl (C=O) groups excluding carboxylic acids is 1. The fraction of sp³-hybridized carbons (Fsp3) is 0.364. The Labute approximate surface area is 105 Å². The minimum Gasteiger partial charge on any atom is -0.366 e. The molecule has 0 saturated heterocycles. The second-order valence-electron chi connectivity index (χ2n) is 3.84. The second-order valence-corrected chi connectivity index (χ2v) is 3.84. The summed E-state index contributed by atoms with van der Waals surface area (Å²) in [7, 11) is 0. The molecule has 0 aliphatic rings. The first kappa shape index (κ1) is 15.4. The van der Waals surface area contributed by atoms with E-state index in [2.05, 4.69) is 0 Å². The van der Waals surface area contributed by atoms with Gasteiger partial charge >= 0.3 is 12.3 Å². The number of rotatable bonds is 6. The molecule has 0 spiro atoms. The third-order valence-corrected chi connectivity index (χ3v) is 2.33. The number of nitrogens with two attached hydrogens (primary N) is 1. The molecule has 3 nitrogen and oxygen atoms in total. The summed E-state index contributed by atoms with van der Waals surface area (Å²) < 4.78 is 62.2. The summed E-state index contributed by atoms with van der Waals surface area (Å²) in [6, 6.07) is 3.16. The highest BCUT2D eigenvalue weighted by Gasteiger charge is 2.40. The maximum absolute atomic E-state index is 13.3. The van der Waals surface area contributed by atoms with Gasteiger partial charge in [-0.2, -0.15) is 8.78 Å². The van der Waals surface area contributed by atoms with E-state index in [1.807, 2.05) is 5.32 Å². The lowest BCUT2D eigenvalue weighted by atomic mass is 10.1. The van der Waals surface area contributed by atoms with Gasteiger partial charge in [0, 0.05) is 17.7 Å². The van der Waals surface area contributed by atoms with Crippen LogP contribution in [0.4, 0.5) is 22.0 Å². The van der Waals surface area contributed by atoms with Gasteiger partial charge in [0.05, 0.1) is 6.54 Å². The number of alkyl halides is 4. The van der Waals surface area contributed by atoms with Crippen LogP contribution in [0.15, 0.2) is 18.2 Å². The number of carbonyl (C=O) groups is 1. The Balaban J connectivity index is 2.68. The molecule has 0 heterocycles. The zero-order valence-electron chi connectivity index (χ0n) is 9.60. The Morgan fingerprint density at radius 1 is 1.37 bits per heavy atom. The van der Waals surface area contributed by atoms with Crippen LogP contribution in [0.2, 0.25) is 0 Å². The van der Waals surface area contributed by atoms with Gasteiger partial charge in [-0.1, -0.05) is 0 Å². The summed E-state index contributed by atoms with van der Waals surface area (Å²) in [4.78, 5) is 10.8. The lowest BCUT2D eigenvalue weighted by Gasteiger charge is -2.16. The highest BCUT2D eigenvalue weighted by molar-refractivity contribution is 5.92. The molecule has 0 aliphatic carbocycles. The zero-order valence-corrected chi connectivity index (χ0v) is 9.60. The average Bonchev–Trinajstić information content (AvgIpc) is 2.30. The molecule has 3 N–H and O–H groups in total. The van der Waals surface area contributed by atoms with Crippen LogP contribution in [-0.2, 0) is 6.54 Å². The highest BCUT2D eigenvalue weighted by Crippen LogP contribution is 2.21. The monoisotopic (exact) mass is 282 g/mol. The van der Waals surface area contributed by atoms with E-state index in [-0.39, 0.29) is 11.1 Å². The van der Waals surface area contributed by atoms with Gasteiger partial charge in [-0.15, -0.1) is 0 Å². The van der Waals surface area contributed by atoms with E-state index in [4.69, 9.17) is 5.73 Å². The van der Waals surface area contributed by atoms with Crippen molar-refractivity contribution in [3.63, 3.8) is 0 Å². The van der Waals surface area contributed by atoms with Crippen LogP contribution < -0.4 is 11.1 Å². The lowest BCUT2D eigenvalue weighted by molar-refractivity contribution is -0.125. The number of hydrogen-bond donors (Lipinski definition) is 2. The van der Waals surface area contributed by atoms with E-state index < -0.39 is 37.2 Å². The van der Waals surface area contributed by atoms with Crippen LogP contribution in [0, 0.1) is 5.82 Å². The molecule has 19 heavy (non-hydrogen) atoms. The largest absolute Gasteiger partial charge is 0.366 e. The molecule has 1 aromatic carbocycles. The molecule has 0 saturated carbocycles. The predicted octanol–water partition coefficient (Wildman–Crippen LogP) is 1.91. The summed E-state index contributed by atoms with van der Waals surface area (Å²) in [5.41, 5.74) is 4.86. The molecular formula is C11H11F5N2O. The van der Waals surface area contributed by atoms with Gasteiger partial charge in [0.1, 0.15) is 5.82 Å². The molecule has 1 amide bonds. The van der Waals surface area contributed by atoms with Crippen molar-refractivity contribution in [1.29, 1.82) is 0 Å². The topological polar surface area (TPSA) is 55.1 Å². The van der Waals surface area contributed by atoms with Gasteiger partial charge in [0.25, 0.3) is 0 Å². The molecule has 1 aromatic rings. The van der Waals surface area contributed by atoms with Crippen molar-refractivity contribution in [2.45, 2.75) is 18.9 Å². The third kappa shape index (κ3) is 4.16. The maximum Gasteiger partial charge on any atom is 0.319 e. The van der Waals surface area contributed by atoms with Crippen LogP contribution >= 0.6 is 0 Å². The Hall–Kier alpha value is -1.70. The molecule has 1 rings (SSSR count). The van der Waals surface area contributed by atoms with Crippen molar-refractivity contribution in [2.24, 2.45) is 5.73 Å². The Kier molecular flexibility index (Phi) is 4.82. The minimum absolute atomic E-state index is 0.00109. The van der Waals surface area contributed by atoms with E-state index in [1.165, 1.54) is 0 Å². The number of benzene rings is 1. The number of nitrogens with one attached hydrogen (secondary N) is 1. The van der Waals surface area contributed by atoms with Crippen LogP contribution in [0.1, 0.15) is 15.9 Å². The highest BCUT2D eigenvalue weighted by atomic mass is 19.3. The SMILES string of the molecule is NC(=O)c1ccc(F)c(CNCC(F)(F)C(F)F)c1. The minimum atomic E-state index is -4.20. The molecule has 8 heteroatoms. The first-order valence-corrected chi connectivity index (χ1v) is 5.19. The van der Waals surface area contributed by atoms with Crippen molar-refractivity contribution in [3.8, 4) is 0 Å². The number of amides is 1. The van der Waals surface area contributed by atoms with Crippen LogP contribution in [0.5, 0.6) is 0 Å². The predicted molar refractivity (Wildman–Crippen MR) is 57.6 cm³/mol. The Morgan fingerprint density at radius 3 is 2.53 bits per heavy atom. The normalized spacial score (nSPS) is 11.9. The fourth-order valence-electron chi connectivity index (χ4n) is 1.30. The molecule has 106 valence electrons. The quantitative estimate of drug-likeness (QED) is 0.783. The van der Waals surface area contributed by atoms with Gasteiger partial charge in [-0.3, -0.25) is 4.79 Å². The van der Waals surface area contributed by atoms with Crippen molar-refractivity contribution in [3.05, 3.63) is 35.1 Å². The van der Waals surface area contributed by atoms with E-state index in [9.17, 15) is 26.7 Å².